The van der Waals surface area contributed by atoms with Crippen LogP contribution in [0.4, 0.5) is 0 Å². The average Bonchev–Trinajstić information content (AvgIpc) is 3.18. The van der Waals surface area contributed by atoms with Crippen molar-refractivity contribution in [1.29, 1.82) is 0 Å². The molecular formula is C19H16N2O3S2. The summed E-state index contributed by atoms with van der Waals surface area (Å²) >= 11 is 2.91. The first-order valence-electron chi connectivity index (χ1n) is 8.20. The molecule has 5 nitrogen and oxygen atoms in total. The molecule has 0 aliphatic heterocycles. The Morgan fingerprint density at radius 2 is 2.00 bits per heavy atom. The predicted octanol–water partition coefficient (Wildman–Crippen LogP) is 3.74. The Labute approximate surface area is 157 Å². The maximum absolute atomic E-state index is 13.2. The maximum Gasteiger partial charge on any atom is 0.266 e. The van der Waals surface area contributed by atoms with Crippen LogP contribution in [0.1, 0.15) is 6.42 Å². The molecular weight excluding hydrogens is 368 g/mol. The van der Waals surface area contributed by atoms with Crippen molar-refractivity contribution in [3.63, 3.8) is 0 Å². The molecule has 26 heavy (non-hydrogen) atoms. The van der Waals surface area contributed by atoms with Gasteiger partial charge in [-0.1, -0.05) is 18.2 Å². The minimum Gasteiger partial charge on any atom is -0.385 e. The minimum absolute atomic E-state index is 0.173. The summed E-state index contributed by atoms with van der Waals surface area (Å²) in [5.74, 6) is 0.611. The van der Waals surface area contributed by atoms with Gasteiger partial charge in [-0.3, -0.25) is 14.2 Å². The van der Waals surface area contributed by atoms with E-state index in [1.165, 1.54) is 22.7 Å². The molecule has 4 aromatic rings. The topological polar surface area (TPSA) is 61.2 Å². The highest BCUT2D eigenvalue weighted by molar-refractivity contribution is 7.24. The molecule has 0 aliphatic carbocycles. The Morgan fingerprint density at radius 3 is 2.77 bits per heavy atom. The number of nitrogens with zero attached hydrogens (tertiary/aromatic N) is 2. The molecule has 0 radical (unpaired) electrons. The molecule has 0 fully saturated rings. The summed E-state index contributed by atoms with van der Waals surface area (Å²) in [5, 5.41) is 2.69. The van der Waals surface area contributed by atoms with Gasteiger partial charge in [0.25, 0.3) is 5.56 Å². The second kappa shape index (κ2) is 7.11. The first-order valence-corrected chi connectivity index (χ1v) is 9.89. The Kier molecular flexibility index (Phi) is 4.67. The van der Waals surface area contributed by atoms with Crippen LogP contribution in [0.2, 0.25) is 0 Å². The van der Waals surface area contributed by atoms with Gasteiger partial charge >= 0.3 is 0 Å². The first kappa shape index (κ1) is 17.1. The fraction of sp³-hybridized carbons (Fsp3) is 0.211. The van der Waals surface area contributed by atoms with E-state index in [1.807, 2.05) is 35.7 Å². The molecule has 4 rings (SSSR count). The van der Waals surface area contributed by atoms with Crippen LogP contribution < -0.4 is 11.0 Å². The zero-order chi connectivity index (χ0) is 18.1. The van der Waals surface area contributed by atoms with E-state index in [0.29, 0.717) is 35.6 Å². The maximum atomic E-state index is 13.2. The normalized spacial score (nSPS) is 11.4. The SMILES string of the molecule is COCCCn1c(-c2cccs2)nc2sc3ccccc3c(=O)c2c1=O. The van der Waals surface area contributed by atoms with E-state index >= 15 is 0 Å². The second-order valence-electron chi connectivity index (χ2n) is 5.82. The van der Waals surface area contributed by atoms with Gasteiger partial charge in [-0.2, -0.15) is 0 Å². The molecule has 0 N–H and O–H groups in total. The van der Waals surface area contributed by atoms with E-state index < -0.39 is 0 Å². The van der Waals surface area contributed by atoms with Crippen LogP contribution in [0.15, 0.2) is 51.4 Å². The van der Waals surface area contributed by atoms with Gasteiger partial charge < -0.3 is 4.74 Å². The number of ether oxygens (including phenoxy) is 1. The fourth-order valence-electron chi connectivity index (χ4n) is 2.95. The smallest absolute Gasteiger partial charge is 0.266 e. The average molecular weight is 384 g/mol. The highest BCUT2D eigenvalue weighted by atomic mass is 32.1. The van der Waals surface area contributed by atoms with Crippen LogP contribution in [0.25, 0.3) is 31.0 Å². The highest BCUT2D eigenvalue weighted by Crippen LogP contribution is 2.27. The number of benzene rings is 1. The lowest BCUT2D eigenvalue weighted by molar-refractivity contribution is 0.190. The van der Waals surface area contributed by atoms with Crippen LogP contribution in [-0.4, -0.2) is 23.3 Å². The van der Waals surface area contributed by atoms with Crippen LogP contribution in [-0.2, 0) is 11.3 Å². The Bertz CT molecular complexity index is 1190. The quantitative estimate of drug-likeness (QED) is 0.388. The third kappa shape index (κ3) is 2.88. The summed E-state index contributed by atoms with van der Waals surface area (Å²) in [4.78, 5) is 32.2. The van der Waals surface area contributed by atoms with Gasteiger partial charge in [-0.05, 0) is 30.0 Å². The zero-order valence-electron chi connectivity index (χ0n) is 14.1. The van der Waals surface area contributed by atoms with Gasteiger partial charge in [0, 0.05) is 30.3 Å². The summed E-state index contributed by atoms with van der Waals surface area (Å²) in [6.07, 6.45) is 0.674. The molecule has 0 saturated heterocycles. The van der Waals surface area contributed by atoms with Crippen LogP contribution in [0.3, 0.4) is 0 Å². The summed E-state index contributed by atoms with van der Waals surface area (Å²) < 4.78 is 7.56. The monoisotopic (exact) mass is 384 g/mol. The van der Waals surface area contributed by atoms with Crippen molar-refractivity contribution in [3.8, 4) is 10.7 Å². The fourth-order valence-corrected chi connectivity index (χ4v) is 4.72. The van der Waals surface area contributed by atoms with Crippen molar-refractivity contribution >= 4 is 43.0 Å². The van der Waals surface area contributed by atoms with Crippen molar-refractivity contribution in [2.45, 2.75) is 13.0 Å². The van der Waals surface area contributed by atoms with E-state index in [9.17, 15) is 9.59 Å². The largest absolute Gasteiger partial charge is 0.385 e. The Balaban J connectivity index is 2.05. The minimum atomic E-state index is -0.276. The third-order valence-corrected chi connectivity index (χ3v) is 6.10. The van der Waals surface area contributed by atoms with Crippen LogP contribution >= 0.6 is 22.7 Å². The van der Waals surface area contributed by atoms with E-state index in [2.05, 4.69) is 0 Å². The van der Waals surface area contributed by atoms with E-state index in [0.717, 1.165) is 9.58 Å². The number of rotatable bonds is 5. The van der Waals surface area contributed by atoms with Crippen molar-refractivity contribution in [3.05, 3.63) is 62.4 Å². The van der Waals surface area contributed by atoms with Crippen molar-refractivity contribution in [2.24, 2.45) is 0 Å². The predicted molar refractivity (Wildman–Crippen MR) is 107 cm³/mol. The lowest BCUT2D eigenvalue weighted by atomic mass is 10.2. The zero-order valence-corrected chi connectivity index (χ0v) is 15.7. The van der Waals surface area contributed by atoms with E-state index in [4.69, 9.17) is 9.72 Å². The van der Waals surface area contributed by atoms with Crippen molar-refractivity contribution in [1.82, 2.24) is 9.55 Å². The molecule has 0 bridgehead atoms. The van der Waals surface area contributed by atoms with Crippen molar-refractivity contribution in [2.75, 3.05) is 13.7 Å². The lowest BCUT2D eigenvalue weighted by Crippen LogP contribution is -2.27. The Hall–Kier alpha value is -2.35. The summed E-state index contributed by atoms with van der Waals surface area (Å²) in [7, 11) is 1.63. The molecule has 3 aromatic heterocycles. The number of hydrogen-bond acceptors (Lipinski definition) is 6. The summed E-state index contributed by atoms with van der Waals surface area (Å²) in [5.41, 5.74) is -0.522. The molecule has 3 heterocycles. The van der Waals surface area contributed by atoms with Gasteiger partial charge in [0.05, 0.1) is 4.88 Å². The molecule has 0 spiro atoms. The lowest BCUT2D eigenvalue weighted by Gasteiger charge is -2.12. The summed E-state index contributed by atoms with van der Waals surface area (Å²) in [6.45, 7) is 0.999. The number of thiophene rings is 1. The van der Waals surface area contributed by atoms with Crippen molar-refractivity contribution < 1.29 is 4.74 Å². The molecule has 0 aliphatic rings. The standard InChI is InChI=1S/C19H16N2O3S2/c1-24-10-5-9-21-17(14-8-4-11-25-14)20-18-15(19(21)23)16(22)12-6-2-3-7-13(12)26-18/h2-4,6-8,11H,5,9-10H2,1H3. The van der Waals surface area contributed by atoms with Gasteiger partial charge in [0.2, 0.25) is 5.43 Å². The molecule has 0 amide bonds. The third-order valence-electron chi connectivity index (χ3n) is 4.17. The van der Waals surface area contributed by atoms with Crippen LogP contribution in [0, 0.1) is 0 Å². The Morgan fingerprint density at radius 1 is 1.15 bits per heavy atom. The number of hydrogen-bond donors (Lipinski definition) is 0. The van der Waals surface area contributed by atoms with Gasteiger partial charge in [0.1, 0.15) is 10.2 Å². The van der Waals surface area contributed by atoms with Crippen LogP contribution in [0.5, 0.6) is 0 Å². The summed E-state index contributed by atoms with van der Waals surface area (Å²) in [6, 6.07) is 11.2. The van der Waals surface area contributed by atoms with Gasteiger partial charge in [0.15, 0.2) is 5.82 Å². The second-order valence-corrected chi connectivity index (χ2v) is 7.80. The van der Waals surface area contributed by atoms with E-state index in [-0.39, 0.29) is 16.4 Å². The number of methoxy groups -OCH3 is 1. The van der Waals surface area contributed by atoms with E-state index in [1.54, 1.807) is 17.7 Å². The molecule has 132 valence electrons. The first-order chi connectivity index (χ1) is 12.7. The van der Waals surface area contributed by atoms with Gasteiger partial charge in [-0.25, -0.2) is 4.98 Å². The molecule has 0 unspecified atom stereocenters. The van der Waals surface area contributed by atoms with Gasteiger partial charge in [-0.15, -0.1) is 22.7 Å². The number of fused-ring (bicyclic) bond motifs is 2. The number of aromatic nitrogens is 2. The molecule has 0 saturated carbocycles. The molecule has 0 atom stereocenters. The molecule has 1 aromatic carbocycles. The highest BCUT2D eigenvalue weighted by Gasteiger charge is 2.17. The molecule has 7 heteroatoms.